The monoisotopic (exact) mass is 533 g/mol. The lowest BCUT2D eigenvalue weighted by atomic mass is 10.1. The minimum absolute atomic E-state index is 0.0679. The van der Waals surface area contributed by atoms with Crippen LogP contribution >= 0.6 is 0 Å². The minimum Gasteiger partial charge on any atom is -0.361 e. The van der Waals surface area contributed by atoms with Crippen molar-refractivity contribution in [3.05, 3.63) is 60.3 Å². The zero-order valence-corrected chi connectivity index (χ0v) is 20.7. The number of nitrogens with zero attached hydrogens (tertiary/aromatic N) is 1. The summed E-state index contributed by atoms with van der Waals surface area (Å²) in [5.74, 6) is -0.619. The fourth-order valence-corrected chi connectivity index (χ4v) is 5.11. The van der Waals surface area contributed by atoms with E-state index in [9.17, 15) is 34.4 Å². The van der Waals surface area contributed by atoms with Crippen LogP contribution in [0, 0.1) is 6.92 Å². The van der Waals surface area contributed by atoms with Crippen molar-refractivity contribution in [2.45, 2.75) is 30.1 Å². The molecular formula is C20H25N2O9S3+. The maximum atomic E-state index is 12.1. The van der Waals surface area contributed by atoms with Crippen molar-refractivity contribution in [1.82, 2.24) is 0 Å². The molecule has 0 atom stereocenters. The largest absolute Gasteiger partial charge is 0.361 e. The summed E-state index contributed by atoms with van der Waals surface area (Å²) in [5, 5.41) is 3.01. The number of hydrogen-bond acceptors (Lipinski definition) is 7. The summed E-state index contributed by atoms with van der Waals surface area (Å²) in [5.41, 5.74) is 1.11. The van der Waals surface area contributed by atoms with E-state index in [0.717, 1.165) is 11.8 Å². The molecule has 11 nitrogen and oxygen atoms in total. The number of nitrogens with one attached hydrogen (secondary N) is 1. The second-order valence-electron chi connectivity index (χ2n) is 7.31. The van der Waals surface area contributed by atoms with Crippen LogP contribution in [0.5, 0.6) is 0 Å². The molecule has 4 N–H and O–H groups in total. The van der Waals surface area contributed by atoms with Gasteiger partial charge in [0.25, 0.3) is 20.2 Å². The molecule has 0 saturated heterocycles. The molecule has 0 unspecified atom stereocenters. The van der Waals surface area contributed by atoms with Crippen molar-refractivity contribution < 1.29 is 43.5 Å². The van der Waals surface area contributed by atoms with Crippen LogP contribution in [-0.4, -0.2) is 61.5 Å². The van der Waals surface area contributed by atoms with Crippen molar-refractivity contribution in [2.24, 2.45) is 0 Å². The number of anilines is 1. The number of para-hydroxylation sites is 1. The van der Waals surface area contributed by atoms with Crippen LogP contribution in [0.3, 0.4) is 0 Å². The van der Waals surface area contributed by atoms with Gasteiger partial charge in [0.05, 0.1) is 10.6 Å². The molecule has 0 fully saturated rings. The first-order chi connectivity index (χ1) is 15.6. The Hall–Kier alpha value is -2.62. The molecule has 186 valence electrons. The third-order valence-corrected chi connectivity index (χ3v) is 7.15. The van der Waals surface area contributed by atoms with Crippen LogP contribution in [0.1, 0.15) is 18.9 Å². The van der Waals surface area contributed by atoms with E-state index in [-0.39, 0.29) is 24.2 Å². The fourth-order valence-electron chi connectivity index (χ4n) is 3.16. The highest BCUT2D eigenvalue weighted by Gasteiger charge is 2.30. The van der Waals surface area contributed by atoms with Gasteiger partial charge in [0.1, 0.15) is 6.54 Å². The van der Waals surface area contributed by atoms with Gasteiger partial charge < -0.3 is 5.32 Å². The maximum absolute atomic E-state index is 12.1. The highest BCUT2D eigenvalue weighted by molar-refractivity contribution is 7.86. The lowest BCUT2D eigenvalue weighted by molar-refractivity contribution is -0.443. The zero-order chi connectivity index (χ0) is 25.7. The third-order valence-electron chi connectivity index (χ3n) is 4.64. The summed E-state index contributed by atoms with van der Waals surface area (Å²) in [6.45, 7) is 2.84. The predicted molar refractivity (Wildman–Crippen MR) is 127 cm³/mol. The standard InChI is InChI=1S/C20H24N2O9S3/c1-15-13-18(33(26,27)28)14-19(34(29,30)31)20(15)22(11-6-12-32(23,24)25)16(2)9-10-21-17-7-4-3-5-8-17/h3-5,7-10,13-14H,6,11-12H2,1-2H3,(H3,23,24,25,26,27,28,29,30,31)/p+1. The second kappa shape index (κ2) is 10.8. The van der Waals surface area contributed by atoms with Gasteiger partial charge in [-0.15, -0.1) is 0 Å². The quantitative estimate of drug-likeness (QED) is 0.201. The maximum Gasteiger partial charge on any atom is 0.301 e. The predicted octanol–water partition coefficient (Wildman–Crippen LogP) is 2.50. The van der Waals surface area contributed by atoms with Gasteiger partial charge in [0.15, 0.2) is 10.6 Å². The molecule has 0 amide bonds. The normalized spacial score (nSPS) is 13.7. The Kier molecular flexibility index (Phi) is 8.74. The molecule has 2 aromatic carbocycles. The molecule has 0 aliphatic heterocycles. The molecule has 2 aromatic rings. The van der Waals surface area contributed by atoms with E-state index in [4.69, 9.17) is 4.55 Å². The molecule has 0 bridgehead atoms. The van der Waals surface area contributed by atoms with Crippen LogP contribution in [0.2, 0.25) is 0 Å². The first kappa shape index (κ1) is 27.6. The summed E-state index contributed by atoms with van der Waals surface area (Å²) >= 11 is 0. The molecule has 34 heavy (non-hydrogen) atoms. The lowest BCUT2D eigenvalue weighted by Gasteiger charge is -2.13. The number of rotatable bonds is 10. The van der Waals surface area contributed by atoms with Gasteiger partial charge in [0.2, 0.25) is 5.69 Å². The number of benzene rings is 2. The molecular weight excluding hydrogens is 508 g/mol. The molecule has 0 aromatic heterocycles. The van der Waals surface area contributed by atoms with E-state index in [1.165, 1.54) is 11.5 Å². The molecule has 0 heterocycles. The van der Waals surface area contributed by atoms with Crippen molar-refractivity contribution in [3.63, 3.8) is 0 Å². The minimum atomic E-state index is -4.97. The average molecular weight is 534 g/mol. The van der Waals surface area contributed by atoms with Crippen molar-refractivity contribution >= 4 is 47.4 Å². The molecule has 0 saturated carbocycles. The highest BCUT2D eigenvalue weighted by atomic mass is 32.2. The number of allylic oxidation sites excluding steroid dienone is 1. The Bertz CT molecular complexity index is 1430. The highest BCUT2D eigenvalue weighted by Crippen LogP contribution is 2.32. The first-order valence-corrected chi connectivity index (χ1v) is 14.2. The molecule has 0 radical (unpaired) electrons. The van der Waals surface area contributed by atoms with Crippen LogP contribution in [0.4, 0.5) is 11.4 Å². The third kappa shape index (κ3) is 8.00. The summed E-state index contributed by atoms with van der Waals surface area (Å²) in [6, 6.07) is 10.7. The lowest BCUT2D eigenvalue weighted by Crippen LogP contribution is -2.21. The van der Waals surface area contributed by atoms with Gasteiger partial charge in [-0.1, -0.05) is 18.2 Å². The van der Waals surface area contributed by atoms with E-state index in [1.807, 2.05) is 18.2 Å². The van der Waals surface area contributed by atoms with Gasteiger partial charge in [-0.25, -0.2) is 0 Å². The summed E-state index contributed by atoms with van der Waals surface area (Å²) in [6.07, 6.45) is 2.99. The Labute approximate surface area is 198 Å². The molecule has 2 rings (SSSR count). The Morgan fingerprint density at radius 1 is 0.971 bits per heavy atom. The number of aryl methyl sites for hydroxylation is 1. The molecule has 0 aliphatic rings. The summed E-state index contributed by atoms with van der Waals surface area (Å²) < 4.78 is 99.3. The van der Waals surface area contributed by atoms with E-state index in [1.54, 1.807) is 31.3 Å². The fraction of sp³-hybridized carbons (Fsp3) is 0.250. The van der Waals surface area contributed by atoms with Crippen LogP contribution in [0.15, 0.2) is 64.5 Å². The van der Waals surface area contributed by atoms with E-state index >= 15 is 0 Å². The Morgan fingerprint density at radius 3 is 2.12 bits per heavy atom. The molecule has 0 aliphatic carbocycles. The zero-order valence-electron chi connectivity index (χ0n) is 18.3. The van der Waals surface area contributed by atoms with Gasteiger partial charge in [-0.2, -0.15) is 29.8 Å². The molecule has 14 heteroatoms. The Balaban J connectivity index is 2.67. The first-order valence-electron chi connectivity index (χ1n) is 9.73. The average Bonchev–Trinajstić information content (AvgIpc) is 2.69. The van der Waals surface area contributed by atoms with E-state index in [2.05, 4.69) is 5.32 Å². The van der Waals surface area contributed by atoms with Gasteiger partial charge >= 0.3 is 10.1 Å². The SMILES string of the molecule is CC(/C=C/Nc1ccccc1)=[N+](/CCCS(=O)(=O)O)c1c(C)cc(S(=O)(=O)O)cc1S(=O)(=O)O. The van der Waals surface area contributed by atoms with Gasteiger partial charge in [0, 0.05) is 36.9 Å². The molecule has 0 spiro atoms. The van der Waals surface area contributed by atoms with Gasteiger partial charge in [-0.3, -0.25) is 13.7 Å². The van der Waals surface area contributed by atoms with E-state index in [0.29, 0.717) is 11.8 Å². The van der Waals surface area contributed by atoms with Crippen LogP contribution < -0.4 is 5.32 Å². The Morgan fingerprint density at radius 2 is 1.59 bits per heavy atom. The summed E-state index contributed by atoms with van der Waals surface area (Å²) in [7, 11) is -14.1. The van der Waals surface area contributed by atoms with Crippen LogP contribution in [0.25, 0.3) is 0 Å². The van der Waals surface area contributed by atoms with Crippen molar-refractivity contribution in [1.29, 1.82) is 0 Å². The number of hydrogen-bond donors (Lipinski definition) is 4. The smallest absolute Gasteiger partial charge is 0.301 e. The van der Waals surface area contributed by atoms with Crippen molar-refractivity contribution in [2.75, 3.05) is 17.6 Å². The van der Waals surface area contributed by atoms with Gasteiger partial charge in [-0.05, 0) is 31.2 Å². The topological polar surface area (TPSA) is 178 Å². The van der Waals surface area contributed by atoms with Crippen molar-refractivity contribution in [3.8, 4) is 0 Å². The second-order valence-corrected chi connectivity index (χ2v) is 11.7. The summed E-state index contributed by atoms with van der Waals surface area (Å²) in [4.78, 5) is -1.53. The van der Waals surface area contributed by atoms with Crippen LogP contribution in [-0.2, 0) is 30.4 Å². The van der Waals surface area contributed by atoms with E-state index < -0.39 is 45.9 Å².